The van der Waals surface area contributed by atoms with Gasteiger partial charge in [-0.15, -0.1) is 11.3 Å². The first kappa shape index (κ1) is 16.5. The Bertz CT molecular complexity index is 503. The van der Waals surface area contributed by atoms with E-state index in [2.05, 4.69) is 31.9 Å². The maximum absolute atomic E-state index is 12.2. The van der Waals surface area contributed by atoms with Crippen LogP contribution in [0.2, 0.25) is 0 Å². The Labute approximate surface area is 127 Å². The first-order valence-electron chi connectivity index (χ1n) is 4.87. The van der Waals surface area contributed by atoms with Crippen LogP contribution in [0.5, 0.6) is 0 Å². The zero-order valence-electron chi connectivity index (χ0n) is 9.76. The quantitative estimate of drug-likeness (QED) is 0.760. The molecule has 18 heavy (non-hydrogen) atoms. The lowest BCUT2D eigenvalue weighted by molar-refractivity contribution is 0.0554. The molecular formula is C9H13Br2NO4S2. The van der Waals surface area contributed by atoms with E-state index in [4.69, 9.17) is 4.74 Å². The van der Waals surface area contributed by atoms with E-state index in [0.29, 0.717) is 3.79 Å². The highest BCUT2D eigenvalue weighted by Gasteiger charge is 2.26. The number of sulfonamides is 1. The molecular weight excluding hydrogens is 410 g/mol. The molecule has 0 fully saturated rings. The standard InChI is InChI=1S/C9H13Br2NO4S2/c1-12(4-6(13)5-16-2)18(14,15)7-3-8(10)17-9(7)11/h3,6,13H,4-5H2,1-2H3. The first-order chi connectivity index (χ1) is 8.28. The number of aliphatic hydroxyl groups excluding tert-OH is 1. The van der Waals surface area contributed by atoms with Crippen molar-refractivity contribution >= 4 is 53.2 Å². The molecule has 0 aromatic carbocycles. The van der Waals surface area contributed by atoms with Gasteiger partial charge in [-0.1, -0.05) is 0 Å². The Morgan fingerprint density at radius 3 is 2.61 bits per heavy atom. The fourth-order valence-electron chi connectivity index (χ4n) is 1.31. The third-order valence-corrected chi connectivity index (χ3v) is 6.72. The molecule has 1 aromatic rings. The molecule has 0 spiro atoms. The van der Waals surface area contributed by atoms with Crippen molar-refractivity contribution in [3.63, 3.8) is 0 Å². The van der Waals surface area contributed by atoms with E-state index in [1.165, 1.54) is 31.6 Å². The van der Waals surface area contributed by atoms with Gasteiger partial charge in [0.25, 0.3) is 0 Å². The van der Waals surface area contributed by atoms with Gasteiger partial charge < -0.3 is 9.84 Å². The molecule has 0 radical (unpaired) electrons. The van der Waals surface area contributed by atoms with Crippen molar-refractivity contribution < 1.29 is 18.3 Å². The number of aliphatic hydroxyl groups is 1. The van der Waals surface area contributed by atoms with Crippen molar-refractivity contribution in [2.75, 3.05) is 27.3 Å². The topological polar surface area (TPSA) is 66.8 Å². The normalized spacial score (nSPS) is 14.1. The molecule has 0 bridgehead atoms. The van der Waals surface area contributed by atoms with Gasteiger partial charge in [-0.05, 0) is 37.9 Å². The monoisotopic (exact) mass is 421 g/mol. The lowest BCUT2D eigenvalue weighted by atomic mass is 10.4. The molecule has 1 atom stereocenters. The molecule has 1 heterocycles. The van der Waals surface area contributed by atoms with Crippen LogP contribution in [0.15, 0.2) is 18.5 Å². The molecule has 0 aliphatic heterocycles. The van der Waals surface area contributed by atoms with Gasteiger partial charge in [0.1, 0.15) is 4.90 Å². The maximum Gasteiger partial charge on any atom is 0.244 e. The highest BCUT2D eigenvalue weighted by Crippen LogP contribution is 2.35. The van der Waals surface area contributed by atoms with Crippen LogP contribution in [0, 0.1) is 0 Å². The van der Waals surface area contributed by atoms with Gasteiger partial charge in [0.15, 0.2) is 0 Å². The minimum atomic E-state index is -3.61. The fraction of sp³-hybridized carbons (Fsp3) is 0.556. The average molecular weight is 423 g/mol. The predicted molar refractivity (Wildman–Crippen MR) is 77.4 cm³/mol. The van der Waals surface area contributed by atoms with E-state index < -0.39 is 16.1 Å². The molecule has 1 unspecified atom stereocenters. The molecule has 1 rings (SSSR count). The highest BCUT2D eigenvalue weighted by molar-refractivity contribution is 9.12. The number of methoxy groups -OCH3 is 1. The second kappa shape index (κ2) is 6.78. The zero-order valence-corrected chi connectivity index (χ0v) is 14.6. The molecule has 0 amide bonds. The Morgan fingerprint density at radius 1 is 1.56 bits per heavy atom. The van der Waals surface area contributed by atoms with Gasteiger partial charge in [-0.2, -0.15) is 4.31 Å². The summed E-state index contributed by atoms with van der Waals surface area (Å²) in [6.45, 7) is 0.0738. The van der Waals surface area contributed by atoms with Gasteiger partial charge >= 0.3 is 0 Å². The molecule has 104 valence electrons. The van der Waals surface area contributed by atoms with Crippen molar-refractivity contribution in [3.8, 4) is 0 Å². The van der Waals surface area contributed by atoms with Crippen LogP contribution in [0.1, 0.15) is 0 Å². The molecule has 1 N–H and O–H groups in total. The largest absolute Gasteiger partial charge is 0.389 e. The van der Waals surface area contributed by atoms with Crippen LogP contribution in [-0.4, -0.2) is 51.2 Å². The number of nitrogens with zero attached hydrogens (tertiary/aromatic N) is 1. The Kier molecular flexibility index (Phi) is 6.23. The molecule has 0 saturated heterocycles. The SMILES string of the molecule is COCC(O)CN(C)S(=O)(=O)c1cc(Br)sc1Br. The average Bonchev–Trinajstić information content (AvgIpc) is 2.58. The highest BCUT2D eigenvalue weighted by atomic mass is 79.9. The number of rotatable bonds is 6. The minimum Gasteiger partial charge on any atom is -0.389 e. The van der Waals surface area contributed by atoms with Crippen LogP contribution in [0.25, 0.3) is 0 Å². The van der Waals surface area contributed by atoms with Gasteiger partial charge in [0, 0.05) is 20.7 Å². The number of hydrogen-bond acceptors (Lipinski definition) is 5. The maximum atomic E-state index is 12.2. The summed E-state index contributed by atoms with van der Waals surface area (Å²) in [5.41, 5.74) is 0. The summed E-state index contributed by atoms with van der Waals surface area (Å²) in [5, 5.41) is 9.55. The summed E-state index contributed by atoms with van der Waals surface area (Å²) < 4.78 is 31.6. The summed E-state index contributed by atoms with van der Waals surface area (Å²) in [7, 11) is -0.739. The van der Waals surface area contributed by atoms with Crippen molar-refractivity contribution in [1.82, 2.24) is 4.31 Å². The molecule has 9 heteroatoms. The summed E-state index contributed by atoms with van der Waals surface area (Å²) in [4.78, 5) is 0.187. The van der Waals surface area contributed by atoms with E-state index in [1.807, 2.05) is 0 Å². The lowest BCUT2D eigenvalue weighted by Crippen LogP contribution is -2.36. The second-order valence-electron chi connectivity index (χ2n) is 3.58. The van der Waals surface area contributed by atoms with Crippen LogP contribution in [0.4, 0.5) is 0 Å². The van der Waals surface area contributed by atoms with Crippen molar-refractivity contribution in [3.05, 3.63) is 13.6 Å². The van der Waals surface area contributed by atoms with Gasteiger partial charge in [-0.25, -0.2) is 8.42 Å². The third-order valence-electron chi connectivity index (χ3n) is 2.14. The van der Waals surface area contributed by atoms with E-state index in [9.17, 15) is 13.5 Å². The number of hydrogen-bond donors (Lipinski definition) is 1. The van der Waals surface area contributed by atoms with Gasteiger partial charge in [-0.3, -0.25) is 0 Å². The Hall–Kier alpha value is 0.490. The van der Waals surface area contributed by atoms with Crippen molar-refractivity contribution in [2.45, 2.75) is 11.0 Å². The molecule has 0 saturated carbocycles. The van der Waals surface area contributed by atoms with E-state index in [0.717, 1.165) is 8.09 Å². The van der Waals surface area contributed by atoms with Gasteiger partial charge in [0.2, 0.25) is 10.0 Å². The summed E-state index contributed by atoms with van der Waals surface area (Å²) in [5.74, 6) is 0. The van der Waals surface area contributed by atoms with Crippen LogP contribution >= 0.6 is 43.2 Å². The van der Waals surface area contributed by atoms with Crippen LogP contribution < -0.4 is 0 Å². The lowest BCUT2D eigenvalue weighted by Gasteiger charge is -2.19. The second-order valence-corrected chi connectivity index (χ2v) is 9.35. The van der Waals surface area contributed by atoms with E-state index >= 15 is 0 Å². The molecule has 0 aliphatic rings. The summed E-state index contributed by atoms with van der Waals surface area (Å²) in [6.07, 6.45) is -0.851. The zero-order chi connectivity index (χ0) is 13.9. The smallest absolute Gasteiger partial charge is 0.244 e. The predicted octanol–water partition coefficient (Wildman–Crippen LogP) is 1.90. The number of ether oxygens (including phenoxy) is 1. The number of likely N-dealkylation sites (N-methyl/N-ethyl adjacent to an activating group) is 1. The third kappa shape index (κ3) is 3.99. The first-order valence-corrected chi connectivity index (χ1v) is 8.71. The van der Waals surface area contributed by atoms with E-state index in [-0.39, 0.29) is 18.0 Å². The Balaban J connectivity index is 2.90. The van der Waals surface area contributed by atoms with Crippen molar-refractivity contribution in [1.29, 1.82) is 0 Å². The fourth-order valence-corrected chi connectivity index (χ4v) is 6.27. The molecule has 0 aliphatic carbocycles. The van der Waals surface area contributed by atoms with E-state index in [1.54, 1.807) is 0 Å². The molecule has 1 aromatic heterocycles. The van der Waals surface area contributed by atoms with Gasteiger partial charge in [0.05, 0.1) is 20.3 Å². The van der Waals surface area contributed by atoms with Crippen molar-refractivity contribution in [2.24, 2.45) is 0 Å². The number of halogens is 2. The van der Waals surface area contributed by atoms with Crippen LogP contribution in [-0.2, 0) is 14.8 Å². The van der Waals surface area contributed by atoms with Crippen LogP contribution in [0.3, 0.4) is 0 Å². The number of thiophene rings is 1. The minimum absolute atomic E-state index is 0.0178. The summed E-state index contributed by atoms with van der Waals surface area (Å²) in [6, 6.07) is 1.53. The summed E-state index contributed by atoms with van der Waals surface area (Å²) >= 11 is 7.73. The molecule has 5 nitrogen and oxygen atoms in total. The Morgan fingerprint density at radius 2 is 2.17 bits per heavy atom.